The third kappa shape index (κ3) is 5.47. The molecule has 0 aliphatic carbocycles. The maximum atomic E-state index is 13.5. The highest BCUT2D eigenvalue weighted by molar-refractivity contribution is 5.85. The third-order valence-electron chi connectivity index (χ3n) is 5.54. The molecule has 0 saturated carbocycles. The van der Waals surface area contributed by atoms with Crippen molar-refractivity contribution in [3.63, 3.8) is 0 Å². The van der Waals surface area contributed by atoms with E-state index in [1.54, 1.807) is 12.2 Å². The third-order valence-corrected chi connectivity index (χ3v) is 5.54. The van der Waals surface area contributed by atoms with Crippen molar-refractivity contribution in [2.24, 2.45) is 11.8 Å². The van der Waals surface area contributed by atoms with Gasteiger partial charge in [-0.1, -0.05) is 72.8 Å². The smallest absolute Gasteiger partial charge is 0.228 e. The van der Waals surface area contributed by atoms with Crippen LogP contribution in [-0.2, 0) is 22.7 Å². The molecule has 3 rings (SSSR count). The largest absolute Gasteiger partial charge is 0.337 e. The van der Waals surface area contributed by atoms with Gasteiger partial charge in [-0.25, -0.2) is 0 Å². The van der Waals surface area contributed by atoms with Gasteiger partial charge < -0.3 is 9.80 Å². The molecule has 0 bridgehead atoms. The fourth-order valence-electron chi connectivity index (χ4n) is 4.03. The maximum Gasteiger partial charge on any atom is 0.228 e. The summed E-state index contributed by atoms with van der Waals surface area (Å²) in [6.45, 7) is 9.49. The van der Waals surface area contributed by atoms with Crippen LogP contribution in [0.25, 0.3) is 0 Å². The van der Waals surface area contributed by atoms with Crippen LogP contribution in [-0.4, -0.2) is 34.7 Å². The van der Waals surface area contributed by atoms with Gasteiger partial charge in [0.25, 0.3) is 0 Å². The highest BCUT2D eigenvalue weighted by Crippen LogP contribution is 2.24. The molecule has 1 heterocycles. The number of amides is 2. The summed E-state index contributed by atoms with van der Waals surface area (Å²) in [5.74, 6) is -0.413. The van der Waals surface area contributed by atoms with Gasteiger partial charge in [-0.2, -0.15) is 0 Å². The normalized spacial score (nSPS) is 19.9. The van der Waals surface area contributed by atoms with Crippen molar-refractivity contribution in [2.75, 3.05) is 13.1 Å². The first-order valence-electron chi connectivity index (χ1n) is 10.5. The van der Waals surface area contributed by atoms with E-state index in [1.165, 1.54) is 0 Å². The lowest BCUT2D eigenvalue weighted by molar-refractivity contribution is -0.147. The predicted molar refractivity (Wildman–Crippen MR) is 120 cm³/mol. The highest BCUT2D eigenvalue weighted by atomic mass is 16.2. The average molecular weight is 403 g/mol. The first-order valence-corrected chi connectivity index (χ1v) is 10.5. The number of carbonyl (C=O) groups excluding carboxylic acids is 2. The van der Waals surface area contributed by atoms with Crippen LogP contribution in [0.3, 0.4) is 0 Å². The van der Waals surface area contributed by atoms with E-state index in [0.29, 0.717) is 39.0 Å². The molecule has 4 heteroatoms. The zero-order valence-electron chi connectivity index (χ0n) is 17.5. The number of nitrogens with zero attached hydrogens (tertiary/aromatic N) is 2. The number of carbonyl (C=O) groups is 2. The van der Waals surface area contributed by atoms with Gasteiger partial charge in [-0.15, -0.1) is 13.2 Å². The van der Waals surface area contributed by atoms with Crippen molar-refractivity contribution in [1.29, 1.82) is 0 Å². The molecule has 2 unspecified atom stereocenters. The second-order valence-electron chi connectivity index (χ2n) is 7.85. The lowest BCUT2D eigenvalue weighted by Gasteiger charge is -2.38. The summed E-state index contributed by atoms with van der Waals surface area (Å²) in [5, 5.41) is 0. The molecule has 1 saturated heterocycles. The summed E-state index contributed by atoms with van der Waals surface area (Å²) >= 11 is 0. The van der Waals surface area contributed by atoms with Crippen LogP contribution in [0.5, 0.6) is 0 Å². The van der Waals surface area contributed by atoms with E-state index in [0.717, 1.165) is 11.1 Å². The Morgan fingerprint density at radius 3 is 1.40 bits per heavy atom. The van der Waals surface area contributed by atoms with Gasteiger partial charge in [0.1, 0.15) is 0 Å². The van der Waals surface area contributed by atoms with Crippen LogP contribution in [0.4, 0.5) is 0 Å². The van der Waals surface area contributed by atoms with Gasteiger partial charge in [0.15, 0.2) is 0 Å². The van der Waals surface area contributed by atoms with Crippen LogP contribution in [0.2, 0.25) is 0 Å². The van der Waals surface area contributed by atoms with E-state index in [1.807, 2.05) is 70.5 Å². The molecule has 1 fully saturated rings. The van der Waals surface area contributed by atoms with Gasteiger partial charge in [-0.05, 0) is 24.0 Å². The predicted octanol–water partition coefficient (Wildman–Crippen LogP) is 4.44. The maximum absolute atomic E-state index is 13.5. The molecule has 1 aliphatic rings. The molecular formula is C26H30N2O2. The Morgan fingerprint density at radius 2 is 1.07 bits per heavy atom. The van der Waals surface area contributed by atoms with Crippen molar-refractivity contribution in [3.8, 4) is 0 Å². The lowest BCUT2D eigenvalue weighted by Crippen LogP contribution is -2.51. The average Bonchev–Trinajstić information content (AvgIpc) is 2.77. The number of hydrogen-bond acceptors (Lipinski definition) is 2. The van der Waals surface area contributed by atoms with Gasteiger partial charge in [0, 0.05) is 26.2 Å². The van der Waals surface area contributed by atoms with Crippen LogP contribution in [0, 0.1) is 11.8 Å². The molecular weight excluding hydrogens is 372 g/mol. The minimum atomic E-state index is -0.288. The first-order chi connectivity index (χ1) is 14.6. The first kappa shape index (κ1) is 21.6. The quantitative estimate of drug-likeness (QED) is 0.613. The summed E-state index contributed by atoms with van der Waals surface area (Å²) in [4.78, 5) is 30.6. The summed E-state index contributed by atoms with van der Waals surface area (Å²) in [6, 6.07) is 19.9. The number of hydrogen-bond donors (Lipinski definition) is 0. The Kier molecular flexibility index (Phi) is 7.61. The Hall–Kier alpha value is -3.14. The summed E-state index contributed by atoms with van der Waals surface area (Å²) in [6.07, 6.45) is 4.65. The molecule has 2 amide bonds. The molecule has 4 nitrogen and oxygen atoms in total. The second-order valence-corrected chi connectivity index (χ2v) is 7.85. The van der Waals surface area contributed by atoms with Crippen LogP contribution in [0.15, 0.2) is 86.0 Å². The second kappa shape index (κ2) is 10.6. The summed E-state index contributed by atoms with van der Waals surface area (Å²) in [7, 11) is 0. The van der Waals surface area contributed by atoms with Gasteiger partial charge in [0.05, 0.1) is 11.8 Å². The highest BCUT2D eigenvalue weighted by Gasteiger charge is 2.35. The number of rotatable bonds is 8. The fraction of sp³-hybridized carbons (Fsp3) is 0.308. The Labute approximate surface area is 179 Å². The number of benzene rings is 2. The van der Waals surface area contributed by atoms with Gasteiger partial charge in [0.2, 0.25) is 11.8 Å². The summed E-state index contributed by atoms with van der Waals surface area (Å²) in [5.41, 5.74) is 2.13. The standard InChI is InChI=1S/C26H30N2O2/c1-3-11-23-19-27(17-21-13-7-5-8-14-21)26(30)24(12-4-2)20-28(25(23)29)18-22-15-9-6-10-16-22/h3-10,13-16,23-24H,1-2,11-12,17-20H2. The van der Waals surface area contributed by atoms with Crippen molar-refractivity contribution >= 4 is 11.8 Å². The molecule has 0 radical (unpaired) electrons. The van der Waals surface area contributed by atoms with E-state index in [-0.39, 0.29) is 23.7 Å². The van der Waals surface area contributed by atoms with Gasteiger partial charge >= 0.3 is 0 Å². The Bertz CT molecular complexity index is 790. The SMILES string of the molecule is C=CCC1CN(Cc2ccccc2)C(=O)C(CC=C)CN(Cc2ccccc2)C1=O. The van der Waals surface area contributed by atoms with Crippen LogP contribution in [0.1, 0.15) is 24.0 Å². The van der Waals surface area contributed by atoms with E-state index in [2.05, 4.69) is 13.2 Å². The topological polar surface area (TPSA) is 40.6 Å². The molecule has 0 aromatic heterocycles. The van der Waals surface area contributed by atoms with Crippen molar-refractivity contribution in [1.82, 2.24) is 9.80 Å². The van der Waals surface area contributed by atoms with E-state index < -0.39 is 0 Å². The molecule has 2 aromatic rings. The molecule has 2 atom stereocenters. The van der Waals surface area contributed by atoms with E-state index in [4.69, 9.17) is 0 Å². The zero-order valence-corrected chi connectivity index (χ0v) is 17.5. The molecule has 1 aliphatic heterocycles. The lowest BCUT2D eigenvalue weighted by atomic mass is 9.94. The minimum Gasteiger partial charge on any atom is -0.337 e. The van der Waals surface area contributed by atoms with Crippen molar-refractivity contribution in [3.05, 3.63) is 97.1 Å². The number of allylic oxidation sites excluding steroid dienone is 2. The molecule has 0 spiro atoms. The Balaban J connectivity index is 1.89. The van der Waals surface area contributed by atoms with Crippen LogP contribution < -0.4 is 0 Å². The van der Waals surface area contributed by atoms with Crippen molar-refractivity contribution in [2.45, 2.75) is 25.9 Å². The molecule has 2 aromatic carbocycles. The zero-order chi connectivity index (χ0) is 21.3. The molecule has 30 heavy (non-hydrogen) atoms. The summed E-state index contributed by atoms with van der Waals surface area (Å²) < 4.78 is 0. The van der Waals surface area contributed by atoms with E-state index >= 15 is 0 Å². The fourth-order valence-corrected chi connectivity index (χ4v) is 4.03. The van der Waals surface area contributed by atoms with E-state index in [9.17, 15) is 9.59 Å². The van der Waals surface area contributed by atoms with Crippen molar-refractivity contribution < 1.29 is 9.59 Å². The minimum absolute atomic E-state index is 0.0818. The van der Waals surface area contributed by atoms with Gasteiger partial charge in [-0.3, -0.25) is 9.59 Å². The molecule has 0 N–H and O–H groups in total. The Morgan fingerprint density at radius 1 is 0.700 bits per heavy atom. The van der Waals surface area contributed by atoms with Crippen LogP contribution >= 0.6 is 0 Å². The monoisotopic (exact) mass is 402 g/mol. The molecule has 156 valence electrons.